The first-order valence-electron chi connectivity index (χ1n) is 12.8. The Morgan fingerprint density at radius 1 is 0.538 bits per heavy atom. The van der Waals surface area contributed by atoms with Crippen molar-refractivity contribution in [3.8, 4) is 0 Å². The number of carboxylic acids is 1. The van der Waals surface area contributed by atoms with Crippen LogP contribution < -0.4 is 40.1 Å². The van der Waals surface area contributed by atoms with E-state index in [4.69, 9.17) is 45.2 Å². The molecular formula is C23H48ClN7O8. The molecule has 0 saturated carbocycles. The first-order valence-corrected chi connectivity index (χ1v) is 12.8. The Labute approximate surface area is 235 Å². The van der Waals surface area contributed by atoms with Crippen molar-refractivity contribution in [1.29, 1.82) is 0 Å². The molecule has 15 N–H and O–H groups in total. The number of hydrogen-bond donors (Lipinski definition) is 8. The lowest BCUT2D eigenvalue weighted by molar-refractivity contribution is -0.161. The van der Waals surface area contributed by atoms with E-state index in [2.05, 4.69) is 9.47 Å². The third-order valence-corrected chi connectivity index (χ3v) is 5.21. The van der Waals surface area contributed by atoms with E-state index in [1.807, 2.05) is 0 Å². The van der Waals surface area contributed by atoms with Gasteiger partial charge in [0.2, 0.25) is 0 Å². The van der Waals surface area contributed by atoms with Crippen LogP contribution in [-0.2, 0) is 33.4 Å². The van der Waals surface area contributed by atoms with E-state index in [0.29, 0.717) is 64.6 Å². The monoisotopic (exact) mass is 585 g/mol. The molecule has 0 unspecified atom stereocenters. The number of nitrogens with two attached hydrogens (primary N) is 7. The SMILES string of the molecule is Cl.NCCCC[C@H](N)C(=O)O.NCCCC[C@H](N)C(=O)OC(=O)CC[C@H](N)C(=O)OC(=O)[C@@H](N)CCCCN. The second-order valence-electron chi connectivity index (χ2n) is 8.69. The molecule has 0 aliphatic heterocycles. The van der Waals surface area contributed by atoms with Crippen LogP contribution in [0.25, 0.3) is 0 Å². The maximum atomic E-state index is 11.8. The number of carbonyl (C=O) groups is 5. The van der Waals surface area contributed by atoms with Gasteiger partial charge in [0, 0.05) is 6.42 Å². The van der Waals surface area contributed by atoms with E-state index in [9.17, 15) is 24.0 Å². The van der Waals surface area contributed by atoms with Gasteiger partial charge in [-0.15, -0.1) is 12.4 Å². The number of carbonyl (C=O) groups excluding carboxylic acids is 4. The Balaban J connectivity index is -0.000000995. The highest BCUT2D eigenvalue weighted by molar-refractivity contribution is 5.91. The van der Waals surface area contributed by atoms with E-state index in [0.717, 1.165) is 12.8 Å². The Morgan fingerprint density at radius 3 is 1.23 bits per heavy atom. The van der Waals surface area contributed by atoms with Crippen molar-refractivity contribution >= 4 is 42.3 Å². The van der Waals surface area contributed by atoms with Crippen LogP contribution in [0.5, 0.6) is 0 Å². The van der Waals surface area contributed by atoms with E-state index in [-0.39, 0.29) is 25.2 Å². The number of ether oxygens (including phenoxy) is 2. The van der Waals surface area contributed by atoms with Crippen molar-refractivity contribution in [2.75, 3.05) is 19.6 Å². The van der Waals surface area contributed by atoms with E-state index in [1.54, 1.807) is 0 Å². The van der Waals surface area contributed by atoms with Gasteiger partial charge >= 0.3 is 29.8 Å². The number of hydrogen-bond acceptors (Lipinski definition) is 14. The van der Waals surface area contributed by atoms with Crippen LogP contribution in [0.4, 0.5) is 0 Å². The zero-order valence-electron chi connectivity index (χ0n) is 22.5. The zero-order chi connectivity index (χ0) is 29.5. The smallest absolute Gasteiger partial charge is 0.330 e. The highest BCUT2D eigenvalue weighted by atomic mass is 35.5. The lowest BCUT2D eigenvalue weighted by Crippen LogP contribution is -2.40. The van der Waals surface area contributed by atoms with Gasteiger partial charge in [0.1, 0.15) is 24.2 Å². The van der Waals surface area contributed by atoms with Crippen LogP contribution in [0.15, 0.2) is 0 Å². The number of carboxylic acid groups (broad SMARTS) is 1. The normalized spacial score (nSPS) is 13.4. The first kappa shape index (κ1) is 41.2. The molecule has 0 aliphatic rings. The van der Waals surface area contributed by atoms with Crippen LogP contribution in [0, 0.1) is 0 Å². The predicted molar refractivity (Wildman–Crippen MR) is 147 cm³/mol. The quantitative estimate of drug-likeness (QED) is 0.0465. The summed E-state index contributed by atoms with van der Waals surface area (Å²) in [5, 5.41) is 8.33. The topological polar surface area (TPSA) is 306 Å². The molecule has 16 heteroatoms. The van der Waals surface area contributed by atoms with E-state index >= 15 is 0 Å². The van der Waals surface area contributed by atoms with Crippen LogP contribution >= 0.6 is 12.4 Å². The predicted octanol–water partition coefficient (Wildman–Crippen LogP) is -1.90. The third-order valence-electron chi connectivity index (χ3n) is 5.21. The highest BCUT2D eigenvalue weighted by Gasteiger charge is 2.25. The van der Waals surface area contributed by atoms with Gasteiger partial charge in [-0.25, -0.2) is 14.4 Å². The summed E-state index contributed by atoms with van der Waals surface area (Å²) < 4.78 is 9.21. The second-order valence-corrected chi connectivity index (χ2v) is 8.69. The summed E-state index contributed by atoms with van der Waals surface area (Å²) in [5.41, 5.74) is 37.9. The molecule has 0 amide bonds. The summed E-state index contributed by atoms with van der Waals surface area (Å²) in [5.74, 6) is -4.54. The van der Waals surface area contributed by atoms with Gasteiger partial charge in [-0.3, -0.25) is 9.59 Å². The van der Waals surface area contributed by atoms with Crippen LogP contribution in [0.3, 0.4) is 0 Å². The van der Waals surface area contributed by atoms with Gasteiger partial charge in [0.05, 0.1) is 0 Å². The average Bonchev–Trinajstić information content (AvgIpc) is 2.87. The van der Waals surface area contributed by atoms with Gasteiger partial charge in [0.15, 0.2) is 0 Å². The Morgan fingerprint density at radius 2 is 0.872 bits per heavy atom. The minimum atomic E-state index is -1.24. The molecule has 0 saturated heterocycles. The maximum Gasteiger partial charge on any atom is 0.330 e. The molecule has 230 valence electrons. The summed E-state index contributed by atoms with van der Waals surface area (Å²) >= 11 is 0. The van der Waals surface area contributed by atoms with E-state index in [1.165, 1.54) is 0 Å². The lowest BCUT2D eigenvalue weighted by Gasteiger charge is -2.13. The molecule has 0 heterocycles. The molecule has 39 heavy (non-hydrogen) atoms. The average molecular weight is 586 g/mol. The van der Waals surface area contributed by atoms with Gasteiger partial charge < -0.3 is 54.7 Å². The Hall–Kier alpha value is -2.24. The molecule has 0 aromatic carbocycles. The minimum Gasteiger partial charge on any atom is -0.480 e. The largest absolute Gasteiger partial charge is 0.480 e. The summed E-state index contributed by atoms with van der Waals surface area (Å²) in [7, 11) is 0. The highest BCUT2D eigenvalue weighted by Crippen LogP contribution is 2.05. The molecular weight excluding hydrogens is 538 g/mol. The van der Waals surface area contributed by atoms with Crippen molar-refractivity contribution in [2.24, 2.45) is 40.1 Å². The summed E-state index contributed by atoms with van der Waals surface area (Å²) in [6.45, 7) is 1.56. The van der Waals surface area contributed by atoms with Crippen LogP contribution in [0.2, 0.25) is 0 Å². The molecule has 15 nitrogen and oxygen atoms in total. The second kappa shape index (κ2) is 26.0. The zero-order valence-corrected chi connectivity index (χ0v) is 23.3. The fourth-order valence-electron chi connectivity index (χ4n) is 2.77. The first-order chi connectivity index (χ1) is 17.9. The molecule has 0 bridgehead atoms. The van der Waals surface area contributed by atoms with Gasteiger partial charge in [-0.05, 0) is 64.6 Å². The van der Waals surface area contributed by atoms with Gasteiger partial charge in [-0.1, -0.05) is 19.3 Å². The minimum absolute atomic E-state index is 0. The fraction of sp³-hybridized carbons (Fsp3) is 0.783. The third kappa shape index (κ3) is 23.4. The molecule has 0 aromatic heterocycles. The number of unbranched alkanes of at least 4 members (excludes halogenated alkanes) is 3. The molecule has 0 rings (SSSR count). The van der Waals surface area contributed by atoms with Crippen molar-refractivity contribution < 1.29 is 38.6 Å². The number of halogens is 1. The number of esters is 4. The molecule has 0 fully saturated rings. The number of aliphatic carboxylic acids is 1. The Kier molecular flexibility index (Phi) is 27.5. The summed E-state index contributed by atoms with van der Waals surface area (Å²) in [4.78, 5) is 57.0. The van der Waals surface area contributed by atoms with Gasteiger partial charge in [0.25, 0.3) is 0 Å². The fourth-order valence-corrected chi connectivity index (χ4v) is 2.77. The molecule has 0 spiro atoms. The lowest BCUT2D eigenvalue weighted by atomic mass is 10.1. The molecule has 0 aliphatic carbocycles. The van der Waals surface area contributed by atoms with Crippen LogP contribution in [0.1, 0.15) is 70.6 Å². The summed E-state index contributed by atoms with van der Waals surface area (Å²) in [6.07, 6.45) is 5.05. The standard InChI is InChI=1S/C17H33N5O6.C6H14N2O2.ClH/c18-9-3-1-5-11(20)15(24)27-14(23)8-7-13(22)17(26)28-16(25)12(21)6-2-4-10-19;7-4-2-1-3-5(8)6(9)10;/h11-13H,1-10,18-22H2;5H,1-4,7-8H2,(H,9,10);1H/t11-,12-,13-;5-;/m00./s1. The summed E-state index contributed by atoms with van der Waals surface area (Å²) in [6, 6.07) is -3.83. The maximum absolute atomic E-state index is 11.8. The molecule has 4 atom stereocenters. The van der Waals surface area contributed by atoms with E-state index < -0.39 is 54.0 Å². The molecule has 0 aromatic rings. The Bertz CT molecular complexity index is 718. The number of rotatable bonds is 19. The van der Waals surface area contributed by atoms with Crippen molar-refractivity contribution in [3.63, 3.8) is 0 Å². The van der Waals surface area contributed by atoms with Crippen molar-refractivity contribution in [2.45, 2.75) is 94.8 Å². The van der Waals surface area contributed by atoms with Crippen molar-refractivity contribution in [1.82, 2.24) is 0 Å². The molecule has 0 radical (unpaired) electrons. The van der Waals surface area contributed by atoms with Crippen LogP contribution in [-0.4, -0.2) is 78.8 Å². The van der Waals surface area contributed by atoms with Crippen molar-refractivity contribution in [3.05, 3.63) is 0 Å². The van der Waals surface area contributed by atoms with Gasteiger partial charge in [-0.2, -0.15) is 0 Å².